The molecule has 1 saturated carbocycles. The Morgan fingerprint density at radius 2 is 1.95 bits per heavy atom. The number of hydrogen-bond acceptors (Lipinski definition) is 2. The van der Waals surface area contributed by atoms with Gasteiger partial charge in [0.15, 0.2) is 5.78 Å². The fourth-order valence-corrected chi connectivity index (χ4v) is 4.18. The lowest BCUT2D eigenvalue weighted by molar-refractivity contribution is 0.102. The van der Waals surface area contributed by atoms with Gasteiger partial charge in [0.1, 0.15) is 5.75 Å². The number of ether oxygens (including phenoxy) is 1. The van der Waals surface area contributed by atoms with E-state index in [1.54, 1.807) is 7.11 Å². The second kappa shape index (κ2) is 4.93. The summed E-state index contributed by atoms with van der Waals surface area (Å²) in [5, 5.41) is 0.402. The number of benzene rings is 1. The van der Waals surface area contributed by atoms with Crippen molar-refractivity contribution in [3.8, 4) is 5.75 Å². The number of ketones is 1. The van der Waals surface area contributed by atoms with Gasteiger partial charge in [-0.2, -0.15) is 0 Å². The molecule has 0 N–H and O–H groups in total. The second-order valence-electron chi connectivity index (χ2n) is 5.89. The van der Waals surface area contributed by atoms with Gasteiger partial charge < -0.3 is 4.74 Å². The third-order valence-electron chi connectivity index (χ3n) is 4.80. The zero-order valence-electron chi connectivity index (χ0n) is 11.3. The largest absolute Gasteiger partial charge is 0.496 e. The van der Waals surface area contributed by atoms with E-state index in [-0.39, 0.29) is 5.78 Å². The van der Waals surface area contributed by atoms with E-state index in [1.807, 2.05) is 12.1 Å². The minimum atomic E-state index is 0.189. The van der Waals surface area contributed by atoms with Crippen LogP contribution in [0.25, 0.3) is 0 Å². The van der Waals surface area contributed by atoms with Crippen molar-refractivity contribution in [1.29, 1.82) is 0 Å². The average Bonchev–Trinajstić information content (AvgIpc) is 3.03. The molecule has 102 valence electrons. The van der Waals surface area contributed by atoms with Crippen LogP contribution in [0, 0.1) is 5.41 Å². The van der Waals surface area contributed by atoms with Crippen LogP contribution >= 0.6 is 15.9 Å². The van der Waals surface area contributed by atoms with Crippen molar-refractivity contribution in [3.05, 3.63) is 28.8 Å². The van der Waals surface area contributed by atoms with Gasteiger partial charge in [0.25, 0.3) is 0 Å². The number of fused-ring (bicyclic) bond motifs is 1. The minimum absolute atomic E-state index is 0.189. The highest BCUT2D eigenvalue weighted by atomic mass is 79.9. The van der Waals surface area contributed by atoms with E-state index in [0.717, 1.165) is 24.2 Å². The Bertz CT molecular complexity index is 516. The molecule has 0 unspecified atom stereocenters. The van der Waals surface area contributed by atoms with Gasteiger partial charge in [-0.15, -0.1) is 0 Å². The number of carbonyl (C=O) groups excluding carboxylic acids is 1. The van der Waals surface area contributed by atoms with Crippen molar-refractivity contribution in [2.75, 3.05) is 12.4 Å². The molecule has 1 spiro atoms. The van der Waals surface area contributed by atoms with Gasteiger partial charge in [-0.25, -0.2) is 0 Å². The van der Waals surface area contributed by atoms with Crippen LogP contribution in [-0.4, -0.2) is 18.2 Å². The molecule has 1 aromatic carbocycles. The zero-order valence-corrected chi connectivity index (χ0v) is 12.9. The quantitative estimate of drug-likeness (QED) is 0.622. The Hall–Kier alpha value is -0.830. The molecule has 1 aromatic rings. The molecule has 0 radical (unpaired) electrons. The number of carbonyl (C=O) groups is 1. The van der Waals surface area contributed by atoms with Crippen LogP contribution in [0.15, 0.2) is 12.1 Å². The highest BCUT2D eigenvalue weighted by molar-refractivity contribution is 9.09. The van der Waals surface area contributed by atoms with E-state index in [2.05, 4.69) is 15.9 Å². The van der Waals surface area contributed by atoms with Gasteiger partial charge in [-0.1, -0.05) is 28.8 Å². The molecule has 3 rings (SSSR count). The summed E-state index contributed by atoms with van der Waals surface area (Å²) in [5.74, 6) is 1.15. The highest BCUT2D eigenvalue weighted by Crippen LogP contribution is 2.51. The Morgan fingerprint density at radius 3 is 2.58 bits per heavy atom. The van der Waals surface area contributed by atoms with Crippen molar-refractivity contribution in [2.24, 2.45) is 5.41 Å². The lowest BCUT2D eigenvalue weighted by Gasteiger charge is -2.21. The summed E-state index contributed by atoms with van der Waals surface area (Å²) < 4.78 is 5.51. The van der Waals surface area contributed by atoms with Crippen LogP contribution in [0.3, 0.4) is 0 Å². The first kappa shape index (κ1) is 13.2. The average molecular weight is 323 g/mol. The standard InChI is InChI=1S/C16H19BrO2/c1-19-15-5-4-11(14(18)10-17)12-8-16(9-13(12)15)6-2-3-7-16/h4-5H,2-3,6-10H2,1H3. The maximum Gasteiger partial charge on any atom is 0.173 e. The van der Waals surface area contributed by atoms with Crippen molar-refractivity contribution in [2.45, 2.75) is 38.5 Å². The molecule has 0 amide bonds. The topological polar surface area (TPSA) is 26.3 Å². The van der Waals surface area contributed by atoms with E-state index < -0.39 is 0 Å². The van der Waals surface area contributed by atoms with Crippen LogP contribution in [0.1, 0.15) is 47.2 Å². The Balaban J connectivity index is 2.06. The Morgan fingerprint density at radius 1 is 1.26 bits per heavy atom. The first-order valence-corrected chi connectivity index (χ1v) is 8.09. The third kappa shape index (κ3) is 2.12. The first-order valence-electron chi connectivity index (χ1n) is 6.97. The second-order valence-corrected chi connectivity index (χ2v) is 6.45. The van der Waals surface area contributed by atoms with Gasteiger partial charge in [-0.3, -0.25) is 4.79 Å². The molecule has 0 bridgehead atoms. The molecule has 3 heteroatoms. The van der Waals surface area contributed by atoms with Crippen molar-refractivity contribution in [3.63, 3.8) is 0 Å². The predicted octanol–water partition coefficient (Wildman–Crippen LogP) is 3.93. The van der Waals surface area contributed by atoms with Crippen LogP contribution in [-0.2, 0) is 12.8 Å². The maximum absolute atomic E-state index is 12.1. The number of rotatable bonds is 3. The van der Waals surface area contributed by atoms with Gasteiger partial charge >= 0.3 is 0 Å². The SMILES string of the molecule is COc1ccc(C(=O)CBr)c2c1CC1(CCCC1)C2. The zero-order chi connectivity index (χ0) is 13.5. The van der Waals surface area contributed by atoms with Crippen LogP contribution in [0.5, 0.6) is 5.75 Å². The number of halogens is 1. The summed E-state index contributed by atoms with van der Waals surface area (Å²) >= 11 is 3.29. The molecule has 0 saturated heterocycles. The first-order chi connectivity index (χ1) is 9.19. The van der Waals surface area contributed by atoms with Crippen LogP contribution in [0.4, 0.5) is 0 Å². The molecule has 1 fully saturated rings. The number of methoxy groups -OCH3 is 1. The van der Waals surface area contributed by atoms with Crippen LogP contribution in [0.2, 0.25) is 0 Å². The van der Waals surface area contributed by atoms with Gasteiger partial charge in [0.05, 0.1) is 12.4 Å². The lowest BCUT2D eigenvalue weighted by Crippen LogP contribution is -2.16. The summed E-state index contributed by atoms with van der Waals surface area (Å²) in [6.45, 7) is 0. The van der Waals surface area contributed by atoms with E-state index in [9.17, 15) is 4.79 Å². The normalized spacial score (nSPS) is 19.7. The summed E-state index contributed by atoms with van der Waals surface area (Å²) in [5.41, 5.74) is 3.86. The molecule has 0 aromatic heterocycles. The van der Waals surface area contributed by atoms with E-state index >= 15 is 0 Å². The smallest absolute Gasteiger partial charge is 0.173 e. The molecule has 0 atom stereocenters. The molecule has 0 aliphatic heterocycles. The monoisotopic (exact) mass is 322 g/mol. The number of hydrogen-bond donors (Lipinski definition) is 0. The maximum atomic E-state index is 12.1. The predicted molar refractivity (Wildman–Crippen MR) is 79.4 cm³/mol. The van der Waals surface area contributed by atoms with Crippen molar-refractivity contribution < 1.29 is 9.53 Å². The molecular formula is C16H19BrO2. The molecule has 19 heavy (non-hydrogen) atoms. The minimum Gasteiger partial charge on any atom is -0.496 e. The fourth-order valence-electron chi connectivity index (χ4n) is 3.88. The Labute approximate surface area is 122 Å². The van der Waals surface area contributed by atoms with Crippen LogP contribution < -0.4 is 4.74 Å². The van der Waals surface area contributed by atoms with Gasteiger partial charge in [0, 0.05) is 5.56 Å². The van der Waals surface area contributed by atoms with E-state index in [4.69, 9.17) is 4.74 Å². The van der Waals surface area contributed by atoms with Crippen molar-refractivity contribution >= 4 is 21.7 Å². The molecule has 2 aliphatic carbocycles. The third-order valence-corrected chi connectivity index (χ3v) is 5.31. The number of Topliss-reactive ketones (excluding diaryl/α,β-unsaturated/α-hetero) is 1. The summed E-state index contributed by atoms with van der Waals surface area (Å²) in [6, 6.07) is 3.90. The summed E-state index contributed by atoms with van der Waals surface area (Å²) in [6.07, 6.45) is 7.41. The van der Waals surface area contributed by atoms with E-state index in [1.165, 1.54) is 36.8 Å². The lowest BCUT2D eigenvalue weighted by atomic mass is 9.83. The fraction of sp³-hybridized carbons (Fsp3) is 0.562. The summed E-state index contributed by atoms with van der Waals surface area (Å²) in [4.78, 5) is 12.1. The molecule has 2 aliphatic rings. The van der Waals surface area contributed by atoms with Crippen molar-refractivity contribution in [1.82, 2.24) is 0 Å². The molecular weight excluding hydrogens is 304 g/mol. The highest BCUT2D eigenvalue weighted by Gasteiger charge is 2.42. The van der Waals surface area contributed by atoms with E-state index in [0.29, 0.717) is 10.7 Å². The molecule has 2 nitrogen and oxygen atoms in total. The number of alkyl halides is 1. The summed E-state index contributed by atoms with van der Waals surface area (Å²) in [7, 11) is 1.72. The van der Waals surface area contributed by atoms with Gasteiger partial charge in [0.2, 0.25) is 0 Å². The molecule has 0 heterocycles. The van der Waals surface area contributed by atoms with Gasteiger partial charge in [-0.05, 0) is 54.4 Å². The Kier molecular flexibility index (Phi) is 3.42.